The van der Waals surface area contributed by atoms with Crippen molar-refractivity contribution in [2.45, 2.75) is 20.8 Å². The van der Waals surface area contributed by atoms with Gasteiger partial charge in [-0.2, -0.15) is 0 Å². The van der Waals surface area contributed by atoms with Crippen LogP contribution in [0.1, 0.15) is 20.8 Å². The van der Waals surface area contributed by atoms with Gasteiger partial charge in [-0.15, -0.1) is 0 Å². The molecule has 0 saturated carbocycles. The Hall–Kier alpha value is 0.250. The van der Waals surface area contributed by atoms with Crippen LogP contribution >= 0.6 is 23.2 Å². The van der Waals surface area contributed by atoms with Crippen LogP contribution in [0.3, 0.4) is 0 Å². The number of rotatable bonds is 0. The first kappa shape index (κ1) is 11.1. The maximum atomic E-state index is 8.98. The van der Waals surface area contributed by atoms with Gasteiger partial charge in [-0.05, 0) is 29.1 Å². The molecule has 0 aromatic carbocycles. The molecule has 0 saturated heterocycles. The predicted molar refractivity (Wildman–Crippen MR) is 37.6 cm³/mol. The Kier molecular flexibility index (Phi) is 10.1. The normalized spacial score (nSPS) is 7.75. The van der Waals surface area contributed by atoms with Crippen LogP contribution in [0.5, 0.6) is 0 Å². The van der Waals surface area contributed by atoms with Crippen LogP contribution in [-0.2, 0) is 0 Å². The first-order chi connectivity index (χ1) is 3.46. The third kappa shape index (κ3) is 2760. The lowest BCUT2D eigenvalue weighted by molar-refractivity contribution is 0.275. The Bertz CT molecular complexity index is 54.7. The molecule has 1 nitrogen and oxygen atoms in total. The molecule has 0 fully saturated rings. The Balaban J connectivity index is 0. The summed E-state index contributed by atoms with van der Waals surface area (Å²) in [6, 6.07) is 0. The first-order valence-electron chi connectivity index (χ1n) is 2.31. The SMILES string of the molecule is CC(C)C.O=C(Cl)Cl. The van der Waals surface area contributed by atoms with Crippen LogP contribution in [0.25, 0.3) is 0 Å². The number of carbonyl (C=O) groups excluding carboxylic acids is 1. The molecule has 0 radical (unpaired) electrons. The highest BCUT2D eigenvalue weighted by molar-refractivity contribution is 6.93. The second-order valence-corrected chi connectivity index (χ2v) is 2.84. The largest absolute Gasteiger partial charge is 0.313 e. The molecule has 0 amide bonds. The molecule has 8 heavy (non-hydrogen) atoms. The van der Waals surface area contributed by atoms with Crippen LogP contribution in [0.4, 0.5) is 4.79 Å². The summed E-state index contributed by atoms with van der Waals surface area (Å²) in [6.45, 7) is 6.50. The fourth-order valence-electron chi connectivity index (χ4n) is 0. The lowest BCUT2D eigenvalue weighted by Crippen LogP contribution is -1.66. The topological polar surface area (TPSA) is 17.1 Å². The molecule has 0 heterocycles. The van der Waals surface area contributed by atoms with Crippen molar-refractivity contribution >= 4 is 27.9 Å². The second-order valence-electron chi connectivity index (χ2n) is 1.96. The zero-order valence-corrected chi connectivity index (χ0v) is 6.75. The van der Waals surface area contributed by atoms with Crippen molar-refractivity contribution < 1.29 is 4.79 Å². The first-order valence-corrected chi connectivity index (χ1v) is 3.07. The van der Waals surface area contributed by atoms with E-state index in [2.05, 4.69) is 44.0 Å². The van der Waals surface area contributed by atoms with E-state index >= 15 is 0 Å². The smallest absolute Gasteiger partial charge is 0.262 e. The molecular formula is C5H10Cl2O. The van der Waals surface area contributed by atoms with Gasteiger partial charge in [-0.3, -0.25) is 4.79 Å². The van der Waals surface area contributed by atoms with Crippen molar-refractivity contribution in [3.8, 4) is 0 Å². The zero-order valence-electron chi connectivity index (χ0n) is 5.24. The standard InChI is InChI=1S/C4H10.CCl2O/c1-4(2)3;2-1(3)4/h4H,1-3H3;. The van der Waals surface area contributed by atoms with Gasteiger partial charge >= 0.3 is 4.70 Å². The third-order valence-electron chi connectivity index (χ3n) is 0. The molecule has 0 aromatic rings. The van der Waals surface area contributed by atoms with E-state index < -0.39 is 4.70 Å². The van der Waals surface area contributed by atoms with Gasteiger partial charge in [0.15, 0.2) is 0 Å². The van der Waals surface area contributed by atoms with E-state index in [1.54, 1.807) is 0 Å². The van der Waals surface area contributed by atoms with Crippen LogP contribution in [0.2, 0.25) is 0 Å². The number of carbonyl (C=O) groups is 1. The van der Waals surface area contributed by atoms with E-state index in [0.717, 1.165) is 5.92 Å². The van der Waals surface area contributed by atoms with Crippen molar-refractivity contribution in [2.24, 2.45) is 5.92 Å². The van der Waals surface area contributed by atoms with Crippen LogP contribution < -0.4 is 0 Å². The highest BCUT2D eigenvalue weighted by Crippen LogP contribution is 1.84. The van der Waals surface area contributed by atoms with Crippen LogP contribution in [0, 0.1) is 5.92 Å². The monoisotopic (exact) mass is 156 g/mol. The fraction of sp³-hybridized carbons (Fsp3) is 0.800. The van der Waals surface area contributed by atoms with Gasteiger partial charge in [0, 0.05) is 0 Å². The van der Waals surface area contributed by atoms with Gasteiger partial charge in [-0.1, -0.05) is 20.8 Å². The lowest BCUT2D eigenvalue weighted by Gasteiger charge is -1.79. The maximum absolute atomic E-state index is 8.98. The number of hydrogen-bond donors (Lipinski definition) is 0. The Morgan fingerprint density at radius 1 is 1.25 bits per heavy atom. The highest BCUT2D eigenvalue weighted by atomic mass is 35.5. The summed E-state index contributed by atoms with van der Waals surface area (Å²) >= 11 is 8.80. The summed E-state index contributed by atoms with van der Waals surface area (Å²) in [5, 5.41) is 0. The molecule has 0 spiro atoms. The third-order valence-corrected chi connectivity index (χ3v) is 0. The summed E-state index contributed by atoms with van der Waals surface area (Å²) in [4.78, 5) is 8.98. The van der Waals surface area contributed by atoms with Crippen LogP contribution in [-0.4, -0.2) is 4.70 Å². The van der Waals surface area contributed by atoms with E-state index in [0.29, 0.717) is 0 Å². The van der Waals surface area contributed by atoms with Gasteiger partial charge in [0.2, 0.25) is 0 Å². The molecule has 3 heteroatoms. The molecular weight excluding hydrogens is 147 g/mol. The van der Waals surface area contributed by atoms with E-state index in [-0.39, 0.29) is 0 Å². The Morgan fingerprint density at radius 2 is 1.25 bits per heavy atom. The molecule has 0 N–H and O–H groups in total. The maximum Gasteiger partial charge on any atom is 0.313 e. The quantitative estimate of drug-likeness (QED) is 0.493. The van der Waals surface area contributed by atoms with Gasteiger partial charge in [0.05, 0.1) is 0 Å². The van der Waals surface area contributed by atoms with Crippen molar-refractivity contribution in [2.75, 3.05) is 0 Å². The number of halogens is 2. The minimum atomic E-state index is -0.889. The van der Waals surface area contributed by atoms with Crippen LogP contribution in [0.15, 0.2) is 0 Å². The number of hydrogen-bond acceptors (Lipinski definition) is 1. The average Bonchev–Trinajstić information content (AvgIpc) is 1.25. The van der Waals surface area contributed by atoms with Gasteiger partial charge in [0.25, 0.3) is 0 Å². The predicted octanol–water partition coefficient (Wildman–Crippen LogP) is 3.25. The molecule has 0 rings (SSSR count). The van der Waals surface area contributed by atoms with Gasteiger partial charge in [-0.25, -0.2) is 0 Å². The lowest BCUT2D eigenvalue weighted by atomic mass is 10.3. The molecule has 0 aliphatic rings. The highest BCUT2D eigenvalue weighted by Gasteiger charge is 1.72. The summed E-state index contributed by atoms with van der Waals surface area (Å²) in [5.41, 5.74) is 0. The minimum Gasteiger partial charge on any atom is -0.262 e. The molecule has 0 bridgehead atoms. The van der Waals surface area contributed by atoms with E-state index in [1.807, 2.05) is 0 Å². The Morgan fingerprint density at radius 3 is 1.25 bits per heavy atom. The minimum absolute atomic E-state index is 0.833. The van der Waals surface area contributed by atoms with E-state index in [4.69, 9.17) is 4.79 Å². The molecule has 0 atom stereocenters. The average molecular weight is 157 g/mol. The molecule has 0 aliphatic heterocycles. The van der Waals surface area contributed by atoms with E-state index in [9.17, 15) is 0 Å². The summed E-state index contributed by atoms with van der Waals surface area (Å²) in [5.74, 6) is 0.833. The molecule has 0 aliphatic carbocycles. The van der Waals surface area contributed by atoms with Crippen molar-refractivity contribution in [1.82, 2.24) is 0 Å². The molecule has 0 unspecified atom stereocenters. The van der Waals surface area contributed by atoms with E-state index in [1.165, 1.54) is 0 Å². The fourth-order valence-corrected chi connectivity index (χ4v) is 0. The second kappa shape index (κ2) is 7.25. The molecule has 0 aromatic heterocycles. The van der Waals surface area contributed by atoms with Crippen molar-refractivity contribution in [3.63, 3.8) is 0 Å². The Labute approximate surface area is 60.0 Å². The van der Waals surface area contributed by atoms with Gasteiger partial charge in [0.1, 0.15) is 0 Å². The van der Waals surface area contributed by atoms with Crippen molar-refractivity contribution in [3.05, 3.63) is 0 Å². The summed E-state index contributed by atoms with van der Waals surface area (Å²) < 4.78 is -0.889. The summed E-state index contributed by atoms with van der Waals surface area (Å²) in [6.07, 6.45) is 0. The summed E-state index contributed by atoms with van der Waals surface area (Å²) in [7, 11) is 0. The zero-order chi connectivity index (χ0) is 7.15. The van der Waals surface area contributed by atoms with Crippen molar-refractivity contribution in [1.29, 1.82) is 0 Å². The van der Waals surface area contributed by atoms with Gasteiger partial charge < -0.3 is 0 Å². The molecule has 50 valence electrons.